The number of rotatable bonds is 3. The van der Waals surface area contributed by atoms with E-state index in [0.717, 1.165) is 23.3 Å². The lowest BCUT2D eigenvalue weighted by molar-refractivity contribution is 0.509. The number of anilines is 1. The van der Waals surface area contributed by atoms with Crippen molar-refractivity contribution in [1.82, 2.24) is 0 Å². The minimum atomic E-state index is -0.883. The highest BCUT2D eigenvalue weighted by molar-refractivity contribution is 6.35. The first kappa shape index (κ1) is 14.1. The number of benzene rings is 2. The van der Waals surface area contributed by atoms with Gasteiger partial charge in [-0.25, -0.2) is 8.78 Å². The molecule has 19 heavy (non-hydrogen) atoms. The summed E-state index contributed by atoms with van der Waals surface area (Å²) in [6.45, 7) is 2.30. The summed E-state index contributed by atoms with van der Waals surface area (Å²) in [5, 5.41) is 4.12. The van der Waals surface area contributed by atoms with Crippen LogP contribution < -0.4 is 5.32 Å². The van der Waals surface area contributed by atoms with Crippen LogP contribution in [0.2, 0.25) is 10.0 Å². The van der Waals surface area contributed by atoms with Crippen molar-refractivity contribution in [2.24, 2.45) is 0 Å². The predicted molar refractivity (Wildman–Crippen MR) is 74.9 cm³/mol. The van der Waals surface area contributed by atoms with E-state index in [0.29, 0.717) is 22.3 Å². The molecule has 5 heteroatoms. The number of hydrogen-bond acceptors (Lipinski definition) is 1. The van der Waals surface area contributed by atoms with Crippen molar-refractivity contribution in [3.05, 3.63) is 63.1 Å². The lowest BCUT2D eigenvalue weighted by Gasteiger charge is -2.11. The number of nitrogens with one attached hydrogen (secondary N) is 1. The maximum Gasteiger partial charge on any atom is 0.160 e. The van der Waals surface area contributed by atoms with Gasteiger partial charge in [-0.05, 0) is 42.3 Å². The van der Waals surface area contributed by atoms with Gasteiger partial charge in [0.15, 0.2) is 11.6 Å². The Bertz CT molecular complexity index is 615. The molecule has 100 valence electrons. The third-order valence-electron chi connectivity index (χ3n) is 2.82. The minimum Gasteiger partial charge on any atom is -0.381 e. The van der Waals surface area contributed by atoms with Gasteiger partial charge in [-0.1, -0.05) is 23.2 Å². The summed E-state index contributed by atoms with van der Waals surface area (Å²) >= 11 is 12.0. The Balaban J connectivity index is 2.16. The molecule has 0 fully saturated rings. The third-order valence-corrected chi connectivity index (χ3v) is 3.43. The van der Waals surface area contributed by atoms with Crippen molar-refractivity contribution < 1.29 is 8.78 Å². The number of hydrogen-bond donors (Lipinski definition) is 1. The average molecular weight is 302 g/mol. The summed E-state index contributed by atoms with van der Waals surface area (Å²) in [6, 6.07) is 7.11. The molecule has 0 amide bonds. The standard InChI is InChI=1S/C14H11Cl2F2N/c1-8-9(4-10(15)5-12(8)16)7-19-11-2-3-13(17)14(18)6-11/h2-6,19H,7H2,1H3. The Labute approximate surface area is 120 Å². The van der Waals surface area contributed by atoms with Gasteiger partial charge >= 0.3 is 0 Å². The van der Waals surface area contributed by atoms with Crippen LogP contribution in [-0.4, -0.2) is 0 Å². The molecular formula is C14H11Cl2F2N. The molecule has 2 aromatic rings. The van der Waals surface area contributed by atoms with E-state index in [1.165, 1.54) is 6.07 Å². The summed E-state index contributed by atoms with van der Waals surface area (Å²) in [4.78, 5) is 0. The number of halogens is 4. The first-order chi connectivity index (χ1) is 8.97. The molecule has 1 N–H and O–H groups in total. The molecule has 0 unspecified atom stereocenters. The van der Waals surface area contributed by atoms with E-state index in [9.17, 15) is 8.78 Å². The van der Waals surface area contributed by atoms with Crippen LogP contribution in [-0.2, 0) is 6.54 Å². The van der Waals surface area contributed by atoms with Gasteiger partial charge in [0.2, 0.25) is 0 Å². The van der Waals surface area contributed by atoms with Gasteiger partial charge in [-0.15, -0.1) is 0 Å². The molecule has 0 bridgehead atoms. The van der Waals surface area contributed by atoms with Gasteiger partial charge in [-0.2, -0.15) is 0 Å². The Morgan fingerprint density at radius 3 is 2.47 bits per heavy atom. The summed E-state index contributed by atoms with van der Waals surface area (Å²) in [5.74, 6) is -1.75. The van der Waals surface area contributed by atoms with Gasteiger partial charge in [0, 0.05) is 28.3 Å². The van der Waals surface area contributed by atoms with E-state index >= 15 is 0 Å². The second-order valence-electron chi connectivity index (χ2n) is 4.15. The van der Waals surface area contributed by atoms with Crippen molar-refractivity contribution in [2.75, 3.05) is 5.32 Å². The predicted octanol–water partition coefficient (Wildman–Crippen LogP) is 5.19. The molecule has 0 aliphatic carbocycles. The molecule has 0 heterocycles. The van der Waals surface area contributed by atoms with Crippen LogP contribution in [0.4, 0.5) is 14.5 Å². The maximum absolute atomic E-state index is 13.1. The fraction of sp³-hybridized carbons (Fsp3) is 0.143. The molecule has 0 aromatic heterocycles. The largest absolute Gasteiger partial charge is 0.381 e. The highest BCUT2D eigenvalue weighted by atomic mass is 35.5. The van der Waals surface area contributed by atoms with Crippen LogP contribution in [0.5, 0.6) is 0 Å². The highest BCUT2D eigenvalue weighted by Crippen LogP contribution is 2.25. The van der Waals surface area contributed by atoms with Gasteiger partial charge in [0.25, 0.3) is 0 Å². The van der Waals surface area contributed by atoms with E-state index in [4.69, 9.17) is 23.2 Å². The molecule has 1 nitrogen and oxygen atoms in total. The van der Waals surface area contributed by atoms with Gasteiger partial charge < -0.3 is 5.32 Å². The van der Waals surface area contributed by atoms with Crippen LogP contribution >= 0.6 is 23.2 Å². The lowest BCUT2D eigenvalue weighted by Crippen LogP contribution is -2.02. The van der Waals surface area contributed by atoms with Crippen molar-refractivity contribution in [3.8, 4) is 0 Å². The third kappa shape index (κ3) is 3.37. The normalized spacial score (nSPS) is 10.6. The van der Waals surface area contributed by atoms with Crippen LogP contribution in [0.3, 0.4) is 0 Å². The zero-order valence-electron chi connectivity index (χ0n) is 10.1. The molecule has 2 rings (SSSR count). The molecule has 0 atom stereocenters. The van der Waals surface area contributed by atoms with E-state index in [1.807, 2.05) is 6.92 Å². The summed E-state index contributed by atoms with van der Waals surface area (Å²) in [6.07, 6.45) is 0. The highest BCUT2D eigenvalue weighted by Gasteiger charge is 2.06. The molecular weight excluding hydrogens is 291 g/mol. The van der Waals surface area contributed by atoms with Crippen molar-refractivity contribution in [3.63, 3.8) is 0 Å². The van der Waals surface area contributed by atoms with Crippen molar-refractivity contribution in [2.45, 2.75) is 13.5 Å². The molecule has 0 radical (unpaired) electrons. The first-order valence-electron chi connectivity index (χ1n) is 5.61. The topological polar surface area (TPSA) is 12.0 Å². The minimum absolute atomic E-state index is 0.428. The quantitative estimate of drug-likeness (QED) is 0.822. The molecule has 0 aliphatic rings. The monoisotopic (exact) mass is 301 g/mol. The lowest BCUT2D eigenvalue weighted by atomic mass is 10.1. The van der Waals surface area contributed by atoms with E-state index in [-0.39, 0.29) is 0 Å². The van der Waals surface area contributed by atoms with Gasteiger partial charge in [0.1, 0.15) is 0 Å². The Hall–Kier alpha value is -1.32. The van der Waals surface area contributed by atoms with Crippen molar-refractivity contribution >= 4 is 28.9 Å². The van der Waals surface area contributed by atoms with Gasteiger partial charge in [-0.3, -0.25) is 0 Å². The van der Waals surface area contributed by atoms with Crippen LogP contribution in [0, 0.1) is 18.6 Å². The summed E-state index contributed by atoms with van der Waals surface area (Å²) < 4.78 is 25.8. The average Bonchev–Trinajstić information content (AvgIpc) is 2.36. The molecule has 2 aromatic carbocycles. The molecule has 0 spiro atoms. The SMILES string of the molecule is Cc1c(Cl)cc(Cl)cc1CNc1ccc(F)c(F)c1. The van der Waals surface area contributed by atoms with Crippen LogP contribution in [0.1, 0.15) is 11.1 Å². The van der Waals surface area contributed by atoms with E-state index in [1.54, 1.807) is 12.1 Å². The summed E-state index contributed by atoms with van der Waals surface area (Å²) in [5.41, 5.74) is 2.30. The van der Waals surface area contributed by atoms with Crippen LogP contribution in [0.25, 0.3) is 0 Å². The zero-order chi connectivity index (χ0) is 14.0. The Morgan fingerprint density at radius 1 is 1.05 bits per heavy atom. The zero-order valence-corrected chi connectivity index (χ0v) is 11.6. The fourth-order valence-electron chi connectivity index (χ4n) is 1.69. The first-order valence-corrected chi connectivity index (χ1v) is 6.36. The smallest absolute Gasteiger partial charge is 0.160 e. The molecule has 0 aliphatic heterocycles. The Kier molecular flexibility index (Phi) is 4.27. The van der Waals surface area contributed by atoms with Gasteiger partial charge in [0.05, 0.1) is 0 Å². The molecule has 0 saturated carbocycles. The van der Waals surface area contributed by atoms with E-state index < -0.39 is 11.6 Å². The molecule has 0 saturated heterocycles. The second-order valence-corrected chi connectivity index (χ2v) is 5.00. The van der Waals surface area contributed by atoms with Crippen LogP contribution in [0.15, 0.2) is 30.3 Å². The second kappa shape index (κ2) is 5.76. The summed E-state index contributed by atoms with van der Waals surface area (Å²) in [7, 11) is 0. The van der Waals surface area contributed by atoms with E-state index in [2.05, 4.69) is 5.32 Å². The maximum atomic E-state index is 13.1. The fourth-order valence-corrected chi connectivity index (χ4v) is 2.22. The van der Waals surface area contributed by atoms with Crippen molar-refractivity contribution in [1.29, 1.82) is 0 Å². The Morgan fingerprint density at radius 2 is 1.79 bits per heavy atom.